The van der Waals surface area contributed by atoms with E-state index in [-0.39, 0.29) is 17.8 Å². The van der Waals surface area contributed by atoms with Gasteiger partial charge in [0.1, 0.15) is 0 Å². The van der Waals surface area contributed by atoms with E-state index in [1.807, 2.05) is 25.1 Å². The Morgan fingerprint density at radius 3 is 2.29 bits per heavy atom. The minimum Gasteiger partial charge on any atom is -0.376 e. The number of carbonyl (C=O) groups is 2. The van der Waals surface area contributed by atoms with E-state index in [0.717, 1.165) is 40.8 Å². The number of thiazole rings is 1. The first-order valence-corrected chi connectivity index (χ1v) is 12.3. The van der Waals surface area contributed by atoms with Crippen LogP contribution in [0, 0.1) is 13.8 Å². The van der Waals surface area contributed by atoms with Crippen molar-refractivity contribution in [1.29, 1.82) is 0 Å². The standard InChI is InChI=1S/C28H26N2O3S/c1-18-10-11-19(2)26-24(18)29-28(34-26)30(17-23-9-6-16-33-23)27(32)22-14-12-21(13-15-22)25(31)20-7-4-3-5-8-20/h3-5,7-8,10-15,23H,6,9,16-17H2,1-2H3. The van der Waals surface area contributed by atoms with E-state index in [9.17, 15) is 9.59 Å². The lowest BCUT2D eigenvalue weighted by Crippen LogP contribution is -2.37. The molecule has 1 amide bonds. The number of fused-ring (bicyclic) bond motifs is 1. The number of anilines is 1. The normalized spacial score (nSPS) is 15.5. The van der Waals surface area contributed by atoms with E-state index >= 15 is 0 Å². The Morgan fingerprint density at radius 2 is 1.62 bits per heavy atom. The molecule has 34 heavy (non-hydrogen) atoms. The van der Waals surface area contributed by atoms with Crippen molar-refractivity contribution in [1.82, 2.24) is 4.98 Å². The number of benzene rings is 3. The first-order chi connectivity index (χ1) is 16.5. The average molecular weight is 471 g/mol. The van der Waals surface area contributed by atoms with E-state index in [2.05, 4.69) is 19.1 Å². The van der Waals surface area contributed by atoms with Crippen molar-refractivity contribution >= 4 is 38.4 Å². The second-order valence-corrected chi connectivity index (χ2v) is 9.67. The van der Waals surface area contributed by atoms with Crippen molar-refractivity contribution in [2.24, 2.45) is 0 Å². The van der Waals surface area contributed by atoms with Gasteiger partial charge in [-0.2, -0.15) is 0 Å². The molecule has 172 valence electrons. The summed E-state index contributed by atoms with van der Waals surface area (Å²) in [6, 6.07) is 20.2. The van der Waals surface area contributed by atoms with E-state index in [4.69, 9.17) is 9.72 Å². The van der Waals surface area contributed by atoms with Crippen molar-refractivity contribution < 1.29 is 14.3 Å². The molecule has 1 unspecified atom stereocenters. The Hall–Kier alpha value is -3.35. The van der Waals surface area contributed by atoms with Gasteiger partial charge in [-0.1, -0.05) is 65.9 Å². The highest BCUT2D eigenvalue weighted by Gasteiger charge is 2.27. The molecule has 0 spiro atoms. The summed E-state index contributed by atoms with van der Waals surface area (Å²) in [6.45, 7) is 5.29. The summed E-state index contributed by atoms with van der Waals surface area (Å²) in [5.41, 5.74) is 4.89. The highest BCUT2D eigenvalue weighted by molar-refractivity contribution is 7.22. The molecular weight excluding hydrogens is 444 g/mol. The number of nitrogens with zero attached hydrogens (tertiary/aromatic N) is 2. The predicted octanol–water partition coefficient (Wildman–Crippen LogP) is 5.97. The van der Waals surface area contributed by atoms with Crippen LogP contribution in [0.4, 0.5) is 5.13 Å². The number of aromatic nitrogens is 1. The Balaban J connectivity index is 1.47. The molecule has 6 heteroatoms. The topological polar surface area (TPSA) is 59.5 Å². The first-order valence-electron chi connectivity index (χ1n) is 11.5. The maximum Gasteiger partial charge on any atom is 0.260 e. The van der Waals surface area contributed by atoms with Gasteiger partial charge in [-0.3, -0.25) is 14.5 Å². The molecule has 1 saturated heterocycles. The van der Waals surface area contributed by atoms with Crippen molar-refractivity contribution in [2.75, 3.05) is 18.1 Å². The van der Waals surface area contributed by atoms with Crippen LogP contribution in [-0.4, -0.2) is 35.9 Å². The molecule has 1 fully saturated rings. The fraction of sp³-hybridized carbons (Fsp3) is 0.250. The van der Waals surface area contributed by atoms with Gasteiger partial charge in [0.2, 0.25) is 0 Å². The molecule has 1 aliphatic rings. The molecule has 0 N–H and O–H groups in total. The van der Waals surface area contributed by atoms with Crippen LogP contribution >= 0.6 is 11.3 Å². The summed E-state index contributed by atoms with van der Waals surface area (Å²) in [5.74, 6) is -0.198. The number of ether oxygens (including phenoxy) is 1. The van der Waals surface area contributed by atoms with Crippen molar-refractivity contribution in [3.63, 3.8) is 0 Å². The van der Waals surface area contributed by atoms with Gasteiger partial charge in [0, 0.05) is 23.3 Å². The third-order valence-electron chi connectivity index (χ3n) is 6.25. The fourth-order valence-corrected chi connectivity index (χ4v) is 5.40. The van der Waals surface area contributed by atoms with Crippen LogP contribution in [0.3, 0.4) is 0 Å². The van der Waals surface area contributed by atoms with Gasteiger partial charge >= 0.3 is 0 Å². The molecule has 0 radical (unpaired) electrons. The van der Waals surface area contributed by atoms with Crippen LogP contribution in [0.5, 0.6) is 0 Å². The molecule has 5 nitrogen and oxygen atoms in total. The quantitative estimate of drug-likeness (QED) is 0.326. The van der Waals surface area contributed by atoms with Crippen LogP contribution < -0.4 is 4.90 Å². The molecule has 4 aromatic rings. The smallest absolute Gasteiger partial charge is 0.260 e. The summed E-state index contributed by atoms with van der Waals surface area (Å²) >= 11 is 1.54. The van der Waals surface area contributed by atoms with Gasteiger partial charge < -0.3 is 4.74 Å². The van der Waals surface area contributed by atoms with Crippen LogP contribution in [0.15, 0.2) is 66.7 Å². The molecule has 1 aromatic heterocycles. The lowest BCUT2D eigenvalue weighted by Gasteiger charge is -2.23. The van der Waals surface area contributed by atoms with E-state index in [1.165, 1.54) is 0 Å². The minimum absolute atomic E-state index is 0.00270. The highest BCUT2D eigenvalue weighted by Crippen LogP contribution is 2.34. The highest BCUT2D eigenvalue weighted by atomic mass is 32.1. The van der Waals surface area contributed by atoms with Gasteiger partial charge in [-0.25, -0.2) is 4.98 Å². The SMILES string of the molecule is Cc1ccc(C)c2sc(N(CC3CCCO3)C(=O)c3ccc(C(=O)c4ccccc4)cc3)nc12. The van der Waals surface area contributed by atoms with Gasteiger partial charge in [0.05, 0.1) is 22.9 Å². The number of hydrogen-bond donors (Lipinski definition) is 0. The largest absolute Gasteiger partial charge is 0.376 e. The van der Waals surface area contributed by atoms with Gasteiger partial charge in [0.15, 0.2) is 10.9 Å². The zero-order valence-corrected chi connectivity index (χ0v) is 20.1. The van der Waals surface area contributed by atoms with Crippen LogP contribution in [0.1, 0.15) is 50.2 Å². The molecule has 0 bridgehead atoms. The Bertz CT molecular complexity index is 1300. The molecule has 3 aromatic carbocycles. The first kappa shape index (κ1) is 22.4. The Labute approximate surface area is 203 Å². The number of aryl methyl sites for hydroxylation is 2. The summed E-state index contributed by atoms with van der Waals surface area (Å²) in [4.78, 5) is 33.0. The second-order valence-electron chi connectivity index (χ2n) is 8.70. The van der Waals surface area contributed by atoms with Crippen molar-refractivity contribution in [2.45, 2.75) is 32.8 Å². The summed E-state index contributed by atoms with van der Waals surface area (Å²) < 4.78 is 6.95. The van der Waals surface area contributed by atoms with Crippen molar-refractivity contribution in [3.05, 3.63) is 94.5 Å². The third-order valence-corrected chi connectivity index (χ3v) is 7.46. The molecule has 1 atom stereocenters. The lowest BCUT2D eigenvalue weighted by atomic mass is 10.0. The van der Waals surface area contributed by atoms with E-state index in [1.54, 1.807) is 52.6 Å². The number of amides is 1. The molecule has 0 saturated carbocycles. The number of hydrogen-bond acceptors (Lipinski definition) is 5. The Kier molecular flexibility index (Phi) is 6.26. The van der Waals surface area contributed by atoms with Crippen LogP contribution in [0.25, 0.3) is 10.2 Å². The number of ketones is 1. The van der Waals surface area contributed by atoms with E-state index < -0.39 is 0 Å². The zero-order chi connectivity index (χ0) is 23.7. The summed E-state index contributed by atoms with van der Waals surface area (Å²) in [6.07, 6.45) is 1.93. The number of rotatable bonds is 6. The van der Waals surface area contributed by atoms with Gasteiger partial charge in [0.25, 0.3) is 5.91 Å². The Morgan fingerprint density at radius 1 is 0.941 bits per heavy atom. The lowest BCUT2D eigenvalue weighted by molar-refractivity contribution is 0.0917. The predicted molar refractivity (Wildman–Crippen MR) is 136 cm³/mol. The summed E-state index contributed by atoms with van der Waals surface area (Å²) in [5, 5.41) is 0.678. The maximum absolute atomic E-state index is 13.7. The summed E-state index contributed by atoms with van der Waals surface area (Å²) in [7, 11) is 0. The third kappa shape index (κ3) is 4.39. The maximum atomic E-state index is 13.7. The number of carbonyl (C=O) groups excluding carboxylic acids is 2. The van der Waals surface area contributed by atoms with Gasteiger partial charge in [-0.05, 0) is 49.9 Å². The fourth-order valence-electron chi connectivity index (χ4n) is 4.28. The van der Waals surface area contributed by atoms with Gasteiger partial charge in [-0.15, -0.1) is 0 Å². The molecule has 1 aliphatic heterocycles. The zero-order valence-electron chi connectivity index (χ0n) is 19.3. The van der Waals surface area contributed by atoms with E-state index in [0.29, 0.717) is 28.4 Å². The molecule has 2 heterocycles. The molecule has 0 aliphatic carbocycles. The van der Waals surface area contributed by atoms with Crippen molar-refractivity contribution in [3.8, 4) is 0 Å². The minimum atomic E-state index is -0.136. The molecular formula is C28H26N2O3S. The monoisotopic (exact) mass is 470 g/mol. The van der Waals surface area contributed by atoms with Crippen LogP contribution in [0.2, 0.25) is 0 Å². The molecule has 5 rings (SSSR count). The second kappa shape index (κ2) is 9.49. The average Bonchev–Trinajstić information content (AvgIpc) is 3.55. The van der Waals surface area contributed by atoms with Crippen LogP contribution in [-0.2, 0) is 4.74 Å².